The molecule has 0 bridgehead atoms. The van der Waals surface area contributed by atoms with E-state index in [9.17, 15) is 0 Å². The molecule has 0 aliphatic rings. The van der Waals surface area contributed by atoms with Gasteiger partial charge in [0.05, 0.1) is 37.8 Å². The van der Waals surface area contributed by atoms with Crippen LogP contribution in [-0.4, -0.2) is 59.4 Å². The molecule has 0 aliphatic carbocycles. The van der Waals surface area contributed by atoms with Crippen molar-refractivity contribution in [3.8, 4) is 5.75 Å². The molecule has 114 valence electrons. The fourth-order valence-corrected chi connectivity index (χ4v) is 2.18. The lowest BCUT2D eigenvalue weighted by Crippen LogP contribution is -2.26. The maximum absolute atomic E-state index is 5.45. The molecule has 7 nitrogen and oxygen atoms in total. The molecule has 0 spiro atoms. The van der Waals surface area contributed by atoms with Crippen LogP contribution >= 0.6 is 0 Å². The molecule has 0 fully saturated rings. The molecule has 0 aromatic carbocycles. The van der Waals surface area contributed by atoms with E-state index >= 15 is 0 Å². The monoisotopic (exact) mass is 290 g/mol. The van der Waals surface area contributed by atoms with E-state index in [-0.39, 0.29) is 6.04 Å². The van der Waals surface area contributed by atoms with Crippen LogP contribution in [0.2, 0.25) is 0 Å². The van der Waals surface area contributed by atoms with Crippen LogP contribution in [0.15, 0.2) is 24.8 Å². The Bertz CT molecular complexity index is 554. The number of ether oxygens (including phenoxy) is 1. The second kappa shape index (κ2) is 7.14. The SMILES string of the molecule is CNC(c1cnccn1)c1c(OC)cnn1CCN(C)C. The zero-order chi connectivity index (χ0) is 15.2. The topological polar surface area (TPSA) is 68.1 Å². The normalized spacial score (nSPS) is 12.6. The van der Waals surface area contributed by atoms with Crippen molar-refractivity contribution in [3.63, 3.8) is 0 Å². The predicted molar refractivity (Wildman–Crippen MR) is 80.3 cm³/mol. The van der Waals surface area contributed by atoms with Gasteiger partial charge in [0, 0.05) is 18.9 Å². The van der Waals surface area contributed by atoms with E-state index in [2.05, 4.69) is 25.3 Å². The highest BCUT2D eigenvalue weighted by Gasteiger charge is 2.23. The summed E-state index contributed by atoms with van der Waals surface area (Å²) in [5.74, 6) is 0.749. The Kier molecular flexibility index (Phi) is 5.24. The largest absolute Gasteiger partial charge is 0.493 e. The summed E-state index contributed by atoms with van der Waals surface area (Å²) in [4.78, 5) is 10.6. The zero-order valence-electron chi connectivity index (χ0n) is 12.9. The number of rotatable bonds is 7. The van der Waals surface area contributed by atoms with Crippen LogP contribution in [0.3, 0.4) is 0 Å². The van der Waals surface area contributed by atoms with Gasteiger partial charge >= 0.3 is 0 Å². The molecule has 7 heteroatoms. The van der Waals surface area contributed by atoms with Crippen LogP contribution < -0.4 is 10.1 Å². The van der Waals surface area contributed by atoms with Crippen LogP contribution in [-0.2, 0) is 6.54 Å². The minimum Gasteiger partial charge on any atom is -0.493 e. The number of likely N-dealkylation sites (N-methyl/N-ethyl adjacent to an activating group) is 1. The van der Waals surface area contributed by atoms with Crippen molar-refractivity contribution < 1.29 is 4.74 Å². The lowest BCUT2D eigenvalue weighted by Gasteiger charge is -2.19. The molecular formula is C14H22N6O. The quantitative estimate of drug-likeness (QED) is 0.803. The number of nitrogens with one attached hydrogen (secondary N) is 1. The number of aromatic nitrogens is 4. The first-order valence-corrected chi connectivity index (χ1v) is 6.85. The highest BCUT2D eigenvalue weighted by atomic mass is 16.5. The molecule has 0 saturated carbocycles. The van der Waals surface area contributed by atoms with Gasteiger partial charge in [-0.1, -0.05) is 0 Å². The van der Waals surface area contributed by atoms with Crippen LogP contribution in [0.1, 0.15) is 17.4 Å². The van der Waals surface area contributed by atoms with Gasteiger partial charge < -0.3 is 15.0 Å². The summed E-state index contributed by atoms with van der Waals surface area (Å²) >= 11 is 0. The van der Waals surface area contributed by atoms with Gasteiger partial charge in [-0.25, -0.2) is 0 Å². The van der Waals surface area contributed by atoms with Gasteiger partial charge in [-0.3, -0.25) is 14.6 Å². The van der Waals surface area contributed by atoms with Gasteiger partial charge in [-0.2, -0.15) is 5.10 Å². The van der Waals surface area contributed by atoms with Crippen molar-refractivity contribution in [2.75, 3.05) is 34.8 Å². The van der Waals surface area contributed by atoms with Gasteiger partial charge in [0.15, 0.2) is 5.75 Å². The average molecular weight is 290 g/mol. The van der Waals surface area contributed by atoms with Gasteiger partial charge in [0.1, 0.15) is 5.69 Å². The zero-order valence-corrected chi connectivity index (χ0v) is 12.9. The molecule has 0 amide bonds. The third-order valence-electron chi connectivity index (χ3n) is 3.26. The minimum absolute atomic E-state index is 0.113. The molecule has 0 aliphatic heterocycles. The number of methoxy groups -OCH3 is 1. The Hall–Kier alpha value is -1.99. The first-order valence-electron chi connectivity index (χ1n) is 6.85. The minimum atomic E-state index is -0.113. The summed E-state index contributed by atoms with van der Waals surface area (Å²) in [6, 6.07) is -0.113. The van der Waals surface area contributed by atoms with Gasteiger partial charge in [0.2, 0.25) is 0 Å². The van der Waals surface area contributed by atoms with Crippen molar-refractivity contribution >= 4 is 0 Å². The second-order valence-corrected chi connectivity index (χ2v) is 4.98. The Morgan fingerprint density at radius 1 is 1.33 bits per heavy atom. The lowest BCUT2D eigenvalue weighted by molar-refractivity contribution is 0.360. The van der Waals surface area contributed by atoms with E-state index in [1.54, 1.807) is 31.9 Å². The lowest BCUT2D eigenvalue weighted by atomic mass is 10.1. The highest BCUT2D eigenvalue weighted by molar-refractivity contribution is 5.33. The van der Waals surface area contributed by atoms with Crippen molar-refractivity contribution in [3.05, 3.63) is 36.2 Å². The van der Waals surface area contributed by atoms with Crippen LogP contribution in [0.4, 0.5) is 0 Å². The van der Waals surface area contributed by atoms with E-state index in [0.29, 0.717) is 0 Å². The fourth-order valence-electron chi connectivity index (χ4n) is 2.18. The van der Waals surface area contributed by atoms with Crippen LogP contribution in [0, 0.1) is 0 Å². The summed E-state index contributed by atoms with van der Waals surface area (Å²) < 4.78 is 7.41. The summed E-state index contributed by atoms with van der Waals surface area (Å²) in [5, 5.41) is 7.70. The Morgan fingerprint density at radius 2 is 2.14 bits per heavy atom. The summed E-state index contributed by atoms with van der Waals surface area (Å²) in [6.07, 6.45) is 6.85. The van der Waals surface area contributed by atoms with Crippen LogP contribution in [0.25, 0.3) is 0 Å². The first-order chi connectivity index (χ1) is 10.2. The molecule has 2 rings (SSSR count). The number of hydrogen-bond acceptors (Lipinski definition) is 6. The van der Waals surface area contributed by atoms with Gasteiger partial charge in [-0.15, -0.1) is 0 Å². The molecule has 1 N–H and O–H groups in total. The number of hydrogen-bond donors (Lipinski definition) is 1. The third kappa shape index (κ3) is 3.56. The maximum Gasteiger partial charge on any atom is 0.161 e. The molecule has 0 radical (unpaired) electrons. The number of nitrogens with zero attached hydrogens (tertiary/aromatic N) is 5. The Morgan fingerprint density at radius 3 is 2.71 bits per heavy atom. The first kappa shape index (κ1) is 15.4. The maximum atomic E-state index is 5.45. The average Bonchev–Trinajstić information content (AvgIpc) is 2.90. The predicted octanol–water partition coefficient (Wildman–Crippen LogP) is 0.552. The summed E-state index contributed by atoms with van der Waals surface area (Å²) in [7, 11) is 7.62. The molecule has 2 aromatic rings. The van der Waals surface area contributed by atoms with E-state index < -0.39 is 0 Å². The fraction of sp³-hybridized carbons (Fsp3) is 0.500. The molecule has 2 heterocycles. The molecule has 1 unspecified atom stereocenters. The highest BCUT2D eigenvalue weighted by Crippen LogP contribution is 2.28. The van der Waals surface area contributed by atoms with E-state index in [1.807, 2.05) is 25.8 Å². The van der Waals surface area contributed by atoms with Crippen molar-refractivity contribution in [1.82, 2.24) is 30.0 Å². The molecular weight excluding hydrogens is 268 g/mol. The van der Waals surface area contributed by atoms with E-state index in [4.69, 9.17) is 4.74 Å². The summed E-state index contributed by atoms with van der Waals surface area (Å²) in [6.45, 7) is 1.68. The second-order valence-electron chi connectivity index (χ2n) is 4.98. The van der Waals surface area contributed by atoms with Gasteiger partial charge in [0.25, 0.3) is 0 Å². The Labute approximate surface area is 125 Å². The van der Waals surface area contributed by atoms with E-state index in [0.717, 1.165) is 30.2 Å². The van der Waals surface area contributed by atoms with Crippen molar-refractivity contribution in [1.29, 1.82) is 0 Å². The molecule has 2 aromatic heterocycles. The van der Waals surface area contributed by atoms with Crippen LogP contribution in [0.5, 0.6) is 5.75 Å². The molecule has 1 atom stereocenters. The molecule has 21 heavy (non-hydrogen) atoms. The standard InChI is InChI=1S/C14H22N6O/c1-15-13(11-9-16-5-6-17-11)14-12(21-4)10-18-20(14)8-7-19(2)3/h5-6,9-10,13,15H,7-8H2,1-4H3. The third-order valence-corrected chi connectivity index (χ3v) is 3.26. The van der Waals surface area contributed by atoms with E-state index in [1.165, 1.54) is 0 Å². The summed E-state index contributed by atoms with van der Waals surface area (Å²) in [5.41, 5.74) is 1.80. The Balaban J connectivity index is 2.37. The van der Waals surface area contributed by atoms with Gasteiger partial charge in [-0.05, 0) is 21.1 Å². The smallest absolute Gasteiger partial charge is 0.161 e. The van der Waals surface area contributed by atoms with Crippen molar-refractivity contribution in [2.24, 2.45) is 0 Å². The van der Waals surface area contributed by atoms with Crippen molar-refractivity contribution in [2.45, 2.75) is 12.6 Å². The molecule has 0 saturated heterocycles.